The Morgan fingerprint density at radius 2 is 1.10 bits per heavy atom. The van der Waals surface area contributed by atoms with Gasteiger partial charge in [0.2, 0.25) is 11.8 Å². The first-order chi connectivity index (χ1) is 28.4. The van der Waals surface area contributed by atoms with E-state index >= 15 is 0 Å². The maximum absolute atomic E-state index is 14.7. The molecule has 0 radical (unpaired) electrons. The SMILES string of the molecule is CCOC(=O)c1sc2cccc(C(F)(F)F)c2c1-c1nc2cc(C(N)=O)ccc2n1CCn1c(-c2c(C(C)=O)sc3cccc(C(F)(F)F)c23)nc2cc(C(N)=O)ccc21. The van der Waals surface area contributed by atoms with Crippen LogP contribution in [0.15, 0.2) is 72.8 Å². The molecular formula is C41H28F6N6O5S2. The number of benzene rings is 4. The highest BCUT2D eigenvalue weighted by atomic mass is 32.1. The second-order valence-electron chi connectivity index (χ2n) is 13.6. The Balaban J connectivity index is 1.42. The van der Waals surface area contributed by atoms with Crippen molar-refractivity contribution in [3.05, 3.63) is 105 Å². The standard InChI is InChI=1S/C41H28F6N6O5S2/c1-3-58-39(57)34-32(30-22(41(45,46)47)7-5-9-28(30)60-34)38-51-24-17-20(36(49)56)11-13-26(24)53(38)15-14-52-25-12-10-19(35(48)55)16-23(25)50-37(52)31-29-21(40(42,43)44)6-4-8-27(29)59-33(31)18(2)54/h4-13,16-17H,3,14-15H2,1-2H3,(H2,48,55)(H2,49,56). The predicted molar refractivity (Wildman–Crippen MR) is 214 cm³/mol. The van der Waals surface area contributed by atoms with E-state index in [2.05, 4.69) is 0 Å². The lowest BCUT2D eigenvalue weighted by Crippen LogP contribution is -2.13. The number of ketones is 1. The Morgan fingerprint density at radius 1 is 0.667 bits per heavy atom. The molecule has 0 aliphatic rings. The Hall–Kier alpha value is -6.60. The number of halogens is 6. The molecule has 4 aromatic carbocycles. The molecular weight excluding hydrogens is 835 g/mol. The number of aryl methyl sites for hydroxylation is 2. The topological polar surface area (TPSA) is 165 Å². The minimum atomic E-state index is -4.88. The average Bonchev–Trinajstić information content (AvgIpc) is 3.95. The van der Waals surface area contributed by atoms with E-state index in [9.17, 15) is 45.5 Å². The summed E-state index contributed by atoms with van der Waals surface area (Å²) in [6.07, 6.45) is -9.72. The summed E-state index contributed by atoms with van der Waals surface area (Å²) in [6.45, 7) is 2.29. The van der Waals surface area contributed by atoms with Crippen LogP contribution in [-0.4, -0.2) is 49.3 Å². The molecule has 0 saturated carbocycles. The number of ether oxygens (including phenoxy) is 1. The molecule has 8 aromatic rings. The summed E-state index contributed by atoms with van der Waals surface area (Å²) in [5.41, 5.74) is 9.71. The lowest BCUT2D eigenvalue weighted by molar-refractivity contribution is -0.137. The summed E-state index contributed by atoms with van der Waals surface area (Å²) >= 11 is 1.63. The molecule has 0 aliphatic heterocycles. The van der Waals surface area contributed by atoms with E-state index in [0.717, 1.165) is 34.8 Å². The quantitative estimate of drug-likeness (QED) is 0.0785. The number of imidazole rings is 2. The molecule has 4 N–H and O–H groups in total. The van der Waals surface area contributed by atoms with E-state index in [4.69, 9.17) is 26.2 Å². The number of primary amides is 2. The minimum absolute atomic E-state index is 0.0235. The summed E-state index contributed by atoms with van der Waals surface area (Å²) in [5, 5.41) is -0.601. The zero-order valence-corrected chi connectivity index (χ0v) is 32.8. The summed E-state index contributed by atoms with van der Waals surface area (Å²) in [5.74, 6) is -3.26. The van der Waals surface area contributed by atoms with E-state index in [0.29, 0.717) is 11.0 Å². The van der Waals surface area contributed by atoms with E-state index in [1.54, 1.807) is 0 Å². The van der Waals surface area contributed by atoms with Gasteiger partial charge in [-0.15, -0.1) is 22.7 Å². The Bertz CT molecular complexity index is 3120. The first-order valence-electron chi connectivity index (χ1n) is 17.9. The molecule has 306 valence electrons. The fourth-order valence-corrected chi connectivity index (χ4v) is 9.62. The van der Waals surface area contributed by atoms with Gasteiger partial charge in [0.1, 0.15) is 16.5 Å². The van der Waals surface area contributed by atoms with Crippen LogP contribution in [0.1, 0.15) is 65.0 Å². The summed E-state index contributed by atoms with van der Waals surface area (Å²) in [7, 11) is 0. The Kier molecular flexibility index (Phi) is 9.78. The van der Waals surface area contributed by atoms with E-state index in [1.165, 1.54) is 83.6 Å². The van der Waals surface area contributed by atoms with E-state index in [-0.39, 0.29) is 94.6 Å². The second-order valence-corrected chi connectivity index (χ2v) is 15.7. The van der Waals surface area contributed by atoms with Crippen molar-refractivity contribution >= 4 is 88.5 Å². The zero-order valence-electron chi connectivity index (χ0n) is 31.1. The highest BCUT2D eigenvalue weighted by Gasteiger charge is 2.38. The van der Waals surface area contributed by atoms with Crippen LogP contribution in [0.5, 0.6) is 0 Å². The molecule has 4 heterocycles. The van der Waals surface area contributed by atoms with Gasteiger partial charge in [0.15, 0.2) is 5.78 Å². The van der Waals surface area contributed by atoms with Gasteiger partial charge in [-0.2, -0.15) is 26.3 Å². The lowest BCUT2D eigenvalue weighted by atomic mass is 10.0. The number of hydrogen-bond acceptors (Lipinski definition) is 9. The third-order valence-corrected chi connectivity index (χ3v) is 12.3. The normalized spacial score (nSPS) is 12.3. The average molecular weight is 863 g/mol. The minimum Gasteiger partial charge on any atom is -0.462 e. The predicted octanol–water partition coefficient (Wildman–Crippen LogP) is 9.46. The first kappa shape index (κ1) is 40.2. The van der Waals surface area contributed by atoms with Crippen LogP contribution in [0.25, 0.3) is 65.0 Å². The maximum Gasteiger partial charge on any atom is 0.417 e. The van der Waals surface area contributed by atoms with Gasteiger partial charge < -0.3 is 25.3 Å². The van der Waals surface area contributed by atoms with Crippen LogP contribution in [0.4, 0.5) is 26.3 Å². The molecule has 0 aliphatic carbocycles. The highest BCUT2D eigenvalue weighted by Crippen LogP contribution is 2.48. The smallest absolute Gasteiger partial charge is 0.417 e. The lowest BCUT2D eigenvalue weighted by Gasteiger charge is -2.16. The number of nitrogens with two attached hydrogens (primary N) is 2. The van der Waals surface area contributed by atoms with E-state index in [1.807, 2.05) is 0 Å². The van der Waals surface area contributed by atoms with Gasteiger partial charge in [-0.05, 0) is 74.5 Å². The van der Waals surface area contributed by atoms with Gasteiger partial charge in [-0.1, -0.05) is 12.1 Å². The number of fused-ring (bicyclic) bond motifs is 4. The highest BCUT2D eigenvalue weighted by molar-refractivity contribution is 7.22. The summed E-state index contributed by atoms with van der Waals surface area (Å²) in [6, 6.07) is 15.6. The summed E-state index contributed by atoms with van der Waals surface area (Å²) < 4.78 is 96.8. The third-order valence-electron chi connectivity index (χ3n) is 9.88. The number of alkyl halides is 6. The van der Waals surface area contributed by atoms with Crippen LogP contribution in [0.2, 0.25) is 0 Å². The van der Waals surface area contributed by atoms with Crippen molar-refractivity contribution < 1.29 is 50.3 Å². The molecule has 60 heavy (non-hydrogen) atoms. The van der Waals surface area contributed by atoms with Gasteiger partial charge in [-0.3, -0.25) is 14.4 Å². The largest absolute Gasteiger partial charge is 0.462 e. The number of rotatable bonds is 10. The molecule has 0 spiro atoms. The van der Waals surface area contributed by atoms with Gasteiger partial charge in [0, 0.05) is 50.0 Å². The number of nitrogens with zero attached hydrogens (tertiary/aromatic N) is 4. The van der Waals surface area contributed by atoms with Crippen molar-refractivity contribution in [2.24, 2.45) is 11.5 Å². The van der Waals surface area contributed by atoms with Crippen LogP contribution in [-0.2, 0) is 30.2 Å². The number of carbonyl (C=O) groups excluding carboxylic acids is 4. The van der Waals surface area contributed by atoms with Gasteiger partial charge in [0.25, 0.3) is 0 Å². The molecule has 0 saturated heterocycles. The number of aromatic nitrogens is 4. The number of thiophene rings is 2. The van der Waals surface area contributed by atoms with Crippen LogP contribution < -0.4 is 11.5 Å². The molecule has 2 amide bonds. The van der Waals surface area contributed by atoms with Crippen molar-refractivity contribution in [3.63, 3.8) is 0 Å². The molecule has 0 bridgehead atoms. The first-order valence-corrected chi connectivity index (χ1v) is 19.6. The van der Waals surface area contributed by atoms with Gasteiger partial charge in [-0.25, -0.2) is 14.8 Å². The molecule has 0 fully saturated rings. The molecule has 11 nitrogen and oxygen atoms in total. The maximum atomic E-state index is 14.7. The van der Waals surface area contributed by atoms with Crippen molar-refractivity contribution in [2.75, 3.05) is 6.61 Å². The van der Waals surface area contributed by atoms with Crippen molar-refractivity contribution in [1.82, 2.24) is 19.1 Å². The number of hydrogen-bond donors (Lipinski definition) is 2. The van der Waals surface area contributed by atoms with Crippen LogP contribution in [0.3, 0.4) is 0 Å². The summed E-state index contributed by atoms with van der Waals surface area (Å²) in [4.78, 5) is 60.4. The Labute approximate surface area is 341 Å². The molecule has 19 heteroatoms. The van der Waals surface area contributed by atoms with Crippen LogP contribution >= 0.6 is 22.7 Å². The molecule has 4 aromatic heterocycles. The number of esters is 1. The fraction of sp³-hybridized carbons (Fsp3) is 0.171. The van der Waals surface area contributed by atoms with E-state index < -0.39 is 47.0 Å². The van der Waals surface area contributed by atoms with Crippen LogP contribution in [0, 0.1) is 0 Å². The van der Waals surface area contributed by atoms with Gasteiger partial charge in [0.05, 0.1) is 50.2 Å². The second kappa shape index (κ2) is 14.6. The number of Topliss-reactive ketones (excluding diaryl/α,β-unsaturated/α-hetero) is 1. The molecule has 8 rings (SSSR count). The van der Waals surface area contributed by atoms with Gasteiger partial charge >= 0.3 is 18.3 Å². The monoisotopic (exact) mass is 862 g/mol. The molecule has 0 unspecified atom stereocenters. The Morgan fingerprint density at radius 3 is 1.50 bits per heavy atom. The number of amides is 2. The zero-order chi connectivity index (χ0) is 43.0. The van der Waals surface area contributed by atoms with Crippen molar-refractivity contribution in [3.8, 4) is 22.8 Å². The van der Waals surface area contributed by atoms with Crippen molar-refractivity contribution in [1.29, 1.82) is 0 Å². The molecule has 0 atom stereocenters. The third kappa shape index (κ3) is 6.72. The fourth-order valence-electron chi connectivity index (χ4n) is 7.39. The number of carbonyl (C=O) groups is 4. The van der Waals surface area contributed by atoms with Crippen molar-refractivity contribution in [2.45, 2.75) is 39.3 Å².